The van der Waals surface area contributed by atoms with Crippen molar-refractivity contribution in [3.63, 3.8) is 0 Å². The van der Waals surface area contributed by atoms with Gasteiger partial charge >= 0.3 is 0 Å². The zero-order valence-electron chi connectivity index (χ0n) is 6.53. The van der Waals surface area contributed by atoms with E-state index >= 15 is 0 Å². The minimum Gasteiger partial charge on any atom is -0.327 e. The molecular formula is C8H12N2S. The highest BCUT2D eigenvalue weighted by atomic mass is 32.2. The quantitative estimate of drug-likeness (QED) is 0.695. The van der Waals surface area contributed by atoms with Crippen LogP contribution in [0, 0.1) is 0 Å². The fourth-order valence-electron chi connectivity index (χ4n) is 0.662. The third-order valence-electron chi connectivity index (χ3n) is 1.16. The maximum Gasteiger partial charge on any atom is 0.0278 e. The maximum atomic E-state index is 5.60. The Labute approximate surface area is 71.2 Å². The lowest BCUT2D eigenvalue weighted by atomic mass is 10.4. The van der Waals surface area contributed by atoms with Crippen LogP contribution in [-0.4, -0.2) is 16.8 Å². The van der Waals surface area contributed by atoms with Gasteiger partial charge in [-0.1, -0.05) is 0 Å². The largest absolute Gasteiger partial charge is 0.327 e. The van der Waals surface area contributed by atoms with E-state index in [1.54, 1.807) is 24.2 Å². The number of nitrogens with two attached hydrogens (primary N) is 1. The lowest BCUT2D eigenvalue weighted by Gasteiger charge is -2.03. The van der Waals surface area contributed by atoms with Gasteiger partial charge in [-0.15, -0.1) is 11.8 Å². The van der Waals surface area contributed by atoms with Gasteiger partial charge in [-0.25, -0.2) is 0 Å². The van der Waals surface area contributed by atoms with Crippen LogP contribution >= 0.6 is 11.8 Å². The Kier molecular flexibility index (Phi) is 3.39. The molecule has 0 saturated carbocycles. The second-order valence-electron chi connectivity index (χ2n) is 2.47. The third-order valence-corrected chi connectivity index (χ3v) is 2.46. The fraction of sp³-hybridized carbons (Fsp3) is 0.375. The summed E-state index contributed by atoms with van der Waals surface area (Å²) in [5, 5.41) is 0. The zero-order valence-corrected chi connectivity index (χ0v) is 7.34. The molecule has 3 heteroatoms. The van der Waals surface area contributed by atoms with Gasteiger partial charge in [0.2, 0.25) is 0 Å². The van der Waals surface area contributed by atoms with E-state index in [-0.39, 0.29) is 6.04 Å². The first-order valence-corrected chi connectivity index (χ1v) is 4.56. The molecule has 0 amide bonds. The molecule has 1 aromatic heterocycles. The molecule has 1 rings (SSSR count). The number of nitrogens with zero attached hydrogens (tertiary/aromatic N) is 1. The molecule has 1 atom stereocenters. The van der Waals surface area contributed by atoms with Crippen LogP contribution < -0.4 is 5.73 Å². The Balaban J connectivity index is 2.39. The van der Waals surface area contributed by atoms with Gasteiger partial charge < -0.3 is 5.73 Å². The van der Waals surface area contributed by atoms with Crippen LogP contribution in [0.5, 0.6) is 0 Å². The molecule has 0 aliphatic carbocycles. The molecule has 0 aliphatic rings. The van der Waals surface area contributed by atoms with Gasteiger partial charge in [0.25, 0.3) is 0 Å². The number of hydrogen-bond donors (Lipinski definition) is 1. The summed E-state index contributed by atoms with van der Waals surface area (Å²) in [5.41, 5.74) is 5.60. The number of hydrogen-bond acceptors (Lipinski definition) is 3. The van der Waals surface area contributed by atoms with Crippen LogP contribution in [0.3, 0.4) is 0 Å². The number of rotatable bonds is 3. The van der Waals surface area contributed by atoms with E-state index in [0.717, 1.165) is 5.75 Å². The van der Waals surface area contributed by atoms with E-state index in [9.17, 15) is 0 Å². The molecule has 11 heavy (non-hydrogen) atoms. The summed E-state index contributed by atoms with van der Waals surface area (Å²) in [5.74, 6) is 0.962. The summed E-state index contributed by atoms with van der Waals surface area (Å²) >= 11 is 1.76. The van der Waals surface area contributed by atoms with Crippen LogP contribution in [0.4, 0.5) is 0 Å². The van der Waals surface area contributed by atoms with Crippen LogP contribution in [0.2, 0.25) is 0 Å². The zero-order chi connectivity index (χ0) is 8.10. The number of pyridine rings is 1. The summed E-state index contributed by atoms with van der Waals surface area (Å²) in [7, 11) is 0. The molecule has 0 fully saturated rings. The molecule has 0 aliphatic heterocycles. The van der Waals surface area contributed by atoms with Crippen molar-refractivity contribution in [3.05, 3.63) is 24.5 Å². The monoisotopic (exact) mass is 168 g/mol. The molecule has 60 valence electrons. The van der Waals surface area contributed by atoms with E-state index in [0.29, 0.717) is 0 Å². The SMILES string of the molecule is C[C@@H](N)CSc1ccncc1. The highest BCUT2D eigenvalue weighted by Gasteiger charge is 1.95. The summed E-state index contributed by atoms with van der Waals surface area (Å²) in [6.07, 6.45) is 3.59. The van der Waals surface area contributed by atoms with Gasteiger partial charge in [0.1, 0.15) is 0 Å². The van der Waals surface area contributed by atoms with Crippen molar-refractivity contribution in [1.29, 1.82) is 0 Å². The Morgan fingerprint density at radius 1 is 1.55 bits per heavy atom. The minimum atomic E-state index is 0.258. The first-order chi connectivity index (χ1) is 5.29. The topological polar surface area (TPSA) is 38.9 Å². The van der Waals surface area contributed by atoms with Crippen molar-refractivity contribution in [1.82, 2.24) is 4.98 Å². The molecular weight excluding hydrogens is 156 g/mol. The van der Waals surface area contributed by atoms with E-state index in [1.807, 2.05) is 19.1 Å². The fourth-order valence-corrected chi connectivity index (χ4v) is 1.43. The van der Waals surface area contributed by atoms with Crippen molar-refractivity contribution in [2.45, 2.75) is 17.9 Å². The Bertz CT molecular complexity index is 199. The predicted octanol–water partition coefficient (Wildman–Crippen LogP) is 1.52. The van der Waals surface area contributed by atoms with Crippen molar-refractivity contribution < 1.29 is 0 Å². The normalized spacial score (nSPS) is 12.9. The third kappa shape index (κ3) is 3.39. The first kappa shape index (κ1) is 8.56. The summed E-state index contributed by atoms with van der Waals surface area (Å²) < 4.78 is 0. The molecule has 0 bridgehead atoms. The Hall–Kier alpha value is -0.540. The van der Waals surface area contributed by atoms with Crippen molar-refractivity contribution >= 4 is 11.8 Å². The van der Waals surface area contributed by atoms with Crippen molar-refractivity contribution in [2.24, 2.45) is 5.73 Å². The van der Waals surface area contributed by atoms with Gasteiger partial charge in [0, 0.05) is 29.1 Å². The number of aromatic nitrogens is 1. The molecule has 0 radical (unpaired) electrons. The van der Waals surface area contributed by atoms with Gasteiger partial charge in [-0.05, 0) is 19.1 Å². The Morgan fingerprint density at radius 2 is 2.18 bits per heavy atom. The van der Waals surface area contributed by atoms with E-state index in [4.69, 9.17) is 5.73 Å². The maximum absolute atomic E-state index is 5.60. The lowest BCUT2D eigenvalue weighted by Crippen LogP contribution is -2.17. The van der Waals surface area contributed by atoms with Gasteiger partial charge in [-0.2, -0.15) is 0 Å². The smallest absolute Gasteiger partial charge is 0.0278 e. The molecule has 0 unspecified atom stereocenters. The summed E-state index contributed by atoms with van der Waals surface area (Å²) in [6.45, 7) is 2.01. The molecule has 2 N–H and O–H groups in total. The van der Waals surface area contributed by atoms with Gasteiger partial charge in [0.15, 0.2) is 0 Å². The molecule has 0 saturated heterocycles. The van der Waals surface area contributed by atoms with Crippen LogP contribution in [-0.2, 0) is 0 Å². The lowest BCUT2D eigenvalue weighted by molar-refractivity contribution is 0.847. The Morgan fingerprint density at radius 3 is 2.73 bits per heavy atom. The molecule has 1 aromatic rings. The predicted molar refractivity (Wildman–Crippen MR) is 48.6 cm³/mol. The molecule has 2 nitrogen and oxygen atoms in total. The highest BCUT2D eigenvalue weighted by Crippen LogP contribution is 2.16. The van der Waals surface area contributed by atoms with Crippen LogP contribution in [0.15, 0.2) is 29.4 Å². The summed E-state index contributed by atoms with van der Waals surface area (Å²) in [6, 6.07) is 4.24. The summed E-state index contributed by atoms with van der Waals surface area (Å²) in [4.78, 5) is 5.16. The van der Waals surface area contributed by atoms with Gasteiger partial charge in [0.05, 0.1) is 0 Å². The first-order valence-electron chi connectivity index (χ1n) is 3.57. The molecule has 0 spiro atoms. The van der Waals surface area contributed by atoms with Crippen molar-refractivity contribution in [3.8, 4) is 0 Å². The highest BCUT2D eigenvalue weighted by molar-refractivity contribution is 7.99. The average molecular weight is 168 g/mol. The second-order valence-corrected chi connectivity index (χ2v) is 3.56. The number of thioether (sulfide) groups is 1. The average Bonchev–Trinajstić information content (AvgIpc) is 2.03. The van der Waals surface area contributed by atoms with Gasteiger partial charge in [-0.3, -0.25) is 4.98 Å². The van der Waals surface area contributed by atoms with E-state index < -0.39 is 0 Å². The van der Waals surface area contributed by atoms with Crippen LogP contribution in [0.25, 0.3) is 0 Å². The second kappa shape index (κ2) is 4.36. The van der Waals surface area contributed by atoms with Crippen LogP contribution in [0.1, 0.15) is 6.92 Å². The van der Waals surface area contributed by atoms with Crippen molar-refractivity contribution in [2.75, 3.05) is 5.75 Å². The molecule has 0 aromatic carbocycles. The van der Waals surface area contributed by atoms with E-state index in [2.05, 4.69) is 4.98 Å². The van der Waals surface area contributed by atoms with E-state index in [1.165, 1.54) is 4.90 Å². The molecule has 1 heterocycles. The standard InChI is InChI=1S/C8H12N2S/c1-7(9)6-11-8-2-4-10-5-3-8/h2-5,7H,6,9H2,1H3/t7-/m1/s1. The minimum absolute atomic E-state index is 0.258.